The average molecular weight is 249 g/mol. The largest absolute Gasteiger partial charge is 0.299 e. The summed E-state index contributed by atoms with van der Waals surface area (Å²) in [5.74, 6) is 0.154. The zero-order chi connectivity index (χ0) is 10.7. The second kappa shape index (κ2) is 5.06. The van der Waals surface area contributed by atoms with Gasteiger partial charge in [0, 0.05) is 4.90 Å². The van der Waals surface area contributed by atoms with Crippen molar-refractivity contribution < 1.29 is 4.79 Å². The van der Waals surface area contributed by atoms with E-state index in [2.05, 4.69) is 0 Å². The fraction of sp³-hybridized carbons (Fsp3) is 0.300. The number of rotatable bonds is 3. The molecule has 0 aliphatic rings. The Labute approximate surface area is 97.8 Å². The number of halogens is 2. The first kappa shape index (κ1) is 11.9. The lowest BCUT2D eigenvalue weighted by molar-refractivity contribution is -0.116. The molecule has 0 radical (unpaired) electrons. The fourth-order valence-electron chi connectivity index (χ4n) is 0.837. The van der Waals surface area contributed by atoms with Gasteiger partial charge < -0.3 is 0 Å². The van der Waals surface area contributed by atoms with Crippen LogP contribution in [0.4, 0.5) is 0 Å². The number of hydrogen-bond donors (Lipinski definition) is 0. The van der Waals surface area contributed by atoms with E-state index in [4.69, 9.17) is 23.2 Å². The van der Waals surface area contributed by atoms with E-state index >= 15 is 0 Å². The van der Waals surface area contributed by atoms with Crippen LogP contribution in [0.1, 0.15) is 13.8 Å². The molecule has 1 nitrogen and oxygen atoms in total. The smallest absolute Gasteiger partial charge is 0.142 e. The minimum absolute atomic E-state index is 0.0488. The van der Waals surface area contributed by atoms with Crippen molar-refractivity contribution in [2.45, 2.75) is 24.0 Å². The second-order valence-corrected chi connectivity index (χ2v) is 5.18. The van der Waals surface area contributed by atoms with Crippen LogP contribution in [0.5, 0.6) is 0 Å². The number of carbonyl (C=O) groups is 1. The van der Waals surface area contributed by atoms with Crippen molar-refractivity contribution in [3.05, 3.63) is 28.2 Å². The van der Waals surface area contributed by atoms with Crippen LogP contribution in [0.15, 0.2) is 23.1 Å². The maximum Gasteiger partial charge on any atom is 0.142 e. The monoisotopic (exact) mass is 248 g/mol. The number of Topliss-reactive ketones (excluding diaryl/α,β-unsaturated/α-hetero) is 1. The molecule has 0 aromatic heterocycles. The molecule has 0 saturated heterocycles. The molecule has 1 unspecified atom stereocenters. The molecule has 0 aliphatic heterocycles. The van der Waals surface area contributed by atoms with Gasteiger partial charge in [-0.15, -0.1) is 11.8 Å². The Balaban J connectivity index is 2.78. The van der Waals surface area contributed by atoms with Crippen LogP contribution in [0.3, 0.4) is 0 Å². The van der Waals surface area contributed by atoms with E-state index < -0.39 is 0 Å². The van der Waals surface area contributed by atoms with E-state index in [1.807, 2.05) is 13.0 Å². The van der Waals surface area contributed by atoms with Crippen molar-refractivity contribution in [1.82, 2.24) is 0 Å². The topological polar surface area (TPSA) is 17.1 Å². The van der Waals surface area contributed by atoms with Gasteiger partial charge in [0.05, 0.1) is 15.3 Å². The summed E-state index contributed by atoms with van der Waals surface area (Å²) >= 11 is 13.1. The van der Waals surface area contributed by atoms with Crippen LogP contribution < -0.4 is 0 Å². The quantitative estimate of drug-likeness (QED) is 0.751. The van der Waals surface area contributed by atoms with E-state index in [9.17, 15) is 4.79 Å². The second-order valence-electron chi connectivity index (χ2n) is 2.95. The first-order chi connectivity index (χ1) is 6.50. The summed E-state index contributed by atoms with van der Waals surface area (Å²) in [6.45, 7) is 3.45. The standard InChI is InChI=1S/C10H10Cl2OS/c1-6(13)7(2)14-8-3-4-9(11)10(12)5-8/h3-5,7H,1-2H3. The van der Waals surface area contributed by atoms with Crippen molar-refractivity contribution in [3.63, 3.8) is 0 Å². The highest BCUT2D eigenvalue weighted by Crippen LogP contribution is 2.30. The number of carbonyl (C=O) groups excluding carboxylic acids is 1. The van der Waals surface area contributed by atoms with Gasteiger partial charge in [0.2, 0.25) is 0 Å². The van der Waals surface area contributed by atoms with Crippen LogP contribution in [-0.4, -0.2) is 11.0 Å². The summed E-state index contributed by atoms with van der Waals surface area (Å²) in [7, 11) is 0. The third-order valence-corrected chi connectivity index (χ3v) is 3.73. The summed E-state index contributed by atoms with van der Waals surface area (Å²) < 4.78 is 0. The molecule has 14 heavy (non-hydrogen) atoms. The Kier molecular flexibility index (Phi) is 4.30. The Hall–Kier alpha value is -0.180. The molecule has 76 valence electrons. The molecule has 4 heteroatoms. The van der Waals surface area contributed by atoms with Gasteiger partial charge in [-0.1, -0.05) is 23.2 Å². The molecule has 0 fully saturated rings. The molecule has 0 N–H and O–H groups in total. The van der Waals surface area contributed by atoms with Crippen molar-refractivity contribution in [2.24, 2.45) is 0 Å². The summed E-state index contributed by atoms with van der Waals surface area (Å²) in [6.07, 6.45) is 0. The summed E-state index contributed by atoms with van der Waals surface area (Å²) in [5, 5.41) is 1.01. The molecule has 0 amide bonds. The molecule has 0 aliphatic carbocycles. The van der Waals surface area contributed by atoms with Crippen molar-refractivity contribution >= 4 is 40.7 Å². The van der Waals surface area contributed by atoms with Crippen molar-refractivity contribution in [3.8, 4) is 0 Å². The predicted molar refractivity (Wildman–Crippen MR) is 62.5 cm³/mol. The van der Waals surface area contributed by atoms with Gasteiger partial charge in [0.25, 0.3) is 0 Å². The third kappa shape index (κ3) is 3.19. The van der Waals surface area contributed by atoms with Crippen molar-refractivity contribution in [2.75, 3.05) is 0 Å². The molecular formula is C10H10Cl2OS. The zero-order valence-electron chi connectivity index (χ0n) is 7.88. The van der Waals surface area contributed by atoms with E-state index in [-0.39, 0.29) is 11.0 Å². The van der Waals surface area contributed by atoms with E-state index in [0.717, 1.165) is 4.90 Å². The minimum Gasteiger partial charge on any atom is -0.299 e. The first-order valence-electron chi connectivity index (χ1n) is 4.13. The predicted octanol–water partition coefficient (Wildman–Crippen LogP) is 4.06. The lowest BCUT2D eigenvalue weighted by atomic mass is 10.3. The lowest BCUT2D eigenvalue weighted by Crippen LogP contribution is -2.07. The molecule has 0 heterocycles. The fourth-order valence-corrected chi connectivity index (χ4v) is 2.11. The number of ketones is 1. The normalized spacial score (nSPS) is 12.6. The molecule has 0 spiro atoms. The Morgan fingerprint density at radius 2 is 2.00 bits per heavy atom. The van der Waals surface area contributed by atoms with Crippen molar-refractivity contribution in [1.29, 1.82) is 0 Å². The molecule has 1 atom stereocenters. The zero-order valence-corrected chi connectivity index (χ0v) is 10.2. The number of benzene rings is 1. The average Bonchev–Trinajstić information content (AvgIpc) is 2.11. The number of hydrogen-bond acceptors (Lipinski definition) is 2. The Morgan fingerprint density at radius 1 is 1.36 bits per heavy atom. The van der Waals surface area contributed by atoms with Gasteiger partial charge in [0.15, 0.2) is 0 Å². The highest BCUT2D eigenvalue weighted by atomic mass is 35.5. The van der Waals surface area contributed by atoms with Gasteiger partial charge in [0.1, 0.15) is 5.78 Å². The van der Waals surface area contributed by atoms with Gasteiger partial charge >= 0.3 is 0 Å². The third-order valence-electron chi connectivity index (χ3n) is 1.78. The Bertz CT molecular complexity index is 352. The maximum atomic E-state index is 11.0. The highest BCUT2D eigenvalue weighted by molar-refractivity contribution is 8.00. The summed E-state index contributed by atoms with van der Waals surface area (Å²) in [5.41, 5.74) is 0. The lowest BCUT2D eigenvalue weighted by Gasteiger charge is -2.07. The van der Waals surface area contributed by atoms with Gasteiger partial charge in [-0.2, -0.15) is 0 Å². The van der Waals surface area contributed by atoms with E-state index in [1.165, 1.54) is 11.8 Å². The molecular weight excluding hydrogens is 239 g/mol. The number of thioether (sulfide) groups is 1. The summed E-state index contributed by atoms with van der Waals surface area (Å²) in [6, 6.07) is 5.37. The van der Waals surface area contributed by atoms with Gasteiger partial charge in [-0.25, -0.2) is 0 Å². The Morgan fingerprint density at radius 3 is 2.50 bits per heavy atom. The van der Waals surface area contributed by atoms with Crippen LogP contribution in [0.2, 0.25) is 10.0 Å². The SMILES string of the molecule is CC(=O)C(C)Sc1ccc(Cl)c(Cl)c1. The molecule has 1 rings (SSSR count). The molecule has 0 saturated carbocycles. The summed E-state index contributed by atoms with van der Waals surface area (Å²) in [4.78, 5) is 12.0. The molecule has 1 aromatic rings. The molecule has 0 bridgehead atoms. The van der Waals surface area contributed by atoms with Crippen LogP contribution >= 0.6 is 35.0 Å². The van der Waals surface area contributed by atoms with Gasteiger partial charge in [-0.3, -0.25) is 4.79 Å². The van der Waals surface area contributed by atoms with Gasteiger partial charge in [-0.05, 0) is 32.0 Å². The van der Waals surface area contributed by atoms with E-state index in [1.54, 1.807) is 19.1 Å². The minimum atomic E-state index is -0.0488. The van der Waals surface area contributed by atoms with E-state index in [0.29, 0.717) is 10.0 Å². The van der Waals surface area contributed by atoms with Crippen LogP contribution in [0.25, 0.3) is 0 Å². The first-order valence-corrected chi connectivity index (χ1v) is 5.76. The molecule has 1 aromatic carbocycles. The van der Waals surface area contributed by atoms with Crippen LogP contribution in [0, 0.1) is 0 Å². The van der Waals surface area contributed by atoms with Crippen LogP contribution in [-0.2, 0) is 4.79 Å². The highest BCUT2D eigenvalue weighted by Gasteiger charge is 2.09. The maximum absolute atomic E-state index is 11.0.